The summed E-state index contributed by atoms with van der Waals surface area (Å²) in [7, 11) is 5.74. The third kappa shape index (κ3) is 3.38. The molecule has 26 heavy (non-hydrogen) atoms. The van der Waals surface area contributed by atoms with Crippen molar-refractivity contribution in [2.45, 2.75) is 44.7 Å². The van der Waals surface area contributed by atoms with E-state index < -0.39 is 5.54 Å². The second-order valence-corrected chi connectivity index (χ2v) is 7.55. The summed E-state index contributed by atoms with van der Waals surface area (Å²) in [5.74, 6) is 0.394. The minimum absolute atomic E-state index is 0.131. The molecule has 1 aliphatic heterocycles. The lowest BCUT2D eigenvalue weighted by Gasteiger charge is -2.23. The summed E-state index contributed by atoms with van der Waals surface area (Å²) in [6.45, 7) is 5.67. The van der Waals surface area contributed by atoms with Gasteiger partial charge in [-0.1, -0.05) is 0 Å². The number of nitrogens with zero attached hydrogens (tertiary/aromatic N) is 4. The van der Waals surface area contributed by atoms with E-state index in [0.29, 0.717) is 18.9 Å². The zero-order valence-corrected chi connectivity index (χ0v) is 16.2. The molecule has 0 aromatic carbocycles. The monoisotopic (exact) mass is 360 g/mol. The lowest BCUT2D eigenvalue weighted by atomic mass is 10.2. The summed E-state index contributed by atoms with van der Waals surface area (Å²) in [5.41, 5.74) is 0.990. The second-order valence-electron chi connectivity index (χ2n) is 7.55. The van der Waals surface area contributed by atoms with E-state index in [4.69, 9.17) is 0 Å². The number of amides is 2. The number of anilines is 1. The Hall–Kier alpha value is -2.22. The van der Waals surface area contributed by atoms with Crippen molar-refractivity contribution in [1.82, 2.24) is 25.5 Å². The molecule has 2 fully saturated rings. The predicted octanol–water partition coefficient (Wildman–Crippen LogP) is 0.242. The van der Waals surface area contributed by atoms with Crippen LogP contribution in [0, 0.1) is 13.8 Å². The fourth-order valence-electron chi connectivity index (χ4n) is 3.43. The summed E-state index contributed by atoms with van der Waals surface area (Å²) in [4.78, 5) is 38.0. The highest BCUT2D eigenvalue weighted by Crippen LogP contribution is 2.35. The Morgan fingerprint density at radius 2 is 1.92 bits per heavy atom. The number of likely N-dealkylation sites (N-methyl/N-ethyl adjacent to an activating group) is 2. The first kappa shape index (κ1) is 18.6. The van der Waals surface area contributed by atoms with Crippen LogP contribution in [0.5, 0.6) is 0 Å². The van der Waals surface area contributed by atoms with Gasteiger partial charge in [0, 0.05) is 37.4 Å². The summed E-state index contributed by atoms with van der Waals surface area (Å²) in [6.07, 6.45) is 2.36. The van der Waals surface area contributed by atoms with E-state index in [-0.39, 0.29) is 17.6 Å². The summed E-state index contributed by atoms with van der Waals surface area (Å²) in [6, 6.07) is 0.477. The third-order valence-electron chi connectivity index (χ3n) is 5.52. The fourth-order valence-corrected chi connectivity index (χ4v) is 3.43. The number of aryl methyl sites for hydroxylation is 1. The van der Waals surface area contributed by atoms with Crippen molar-refractivity contribution in [2.24, 2.45) is 0 Å². The predicted molar refractivity (Wildman–Crippen MR) is 99.3 cm³/mol. The Labute approximate surface area is 154 Å². The molecule has 8 heteroatoms. The van der Waals surface area contributed by atoms with Crippen molar-refractivity contribution < 1.29 is 9.59 Å². The third-order valence-corrected chi connectivity index (χ3v) is 5.52. The average molecular weight is 360 g/mol. The molecule has 2 N–H and O–H groups in total. The Morgan fingerprint density at radius 3 is 2.46 bits per heavy atom. The average Bonchev–Trinajstić information content (AvgIpc) is 3.21. The molecule has 0 spiro atoms. The molecule has 2 aliphatic rings. The summed E-state index contributed by atoms with van der Waals surface area (Å²) >= 11 is 0. The highest BCUT2D eigenvalue weighted by atomic mass is 16.2. The molecule has 142 valence electrons. The van der Waals surface area contributed by atoms with Crippen molar-refractivity contribution in [2.75, 3.05) is 39.1 Å². The van der Waals surface area contributed by atoms with E-state index in [1.54, 1.807) is 7.05 Å². The molecule has 2 amide bonds. The first-order valence-corrected chi connectivity index (χ1v) is 9.08. The standard InChI is InChI=1S/C18H28N6O2/c1-11-12(2)20-14(16(25)22-18(7-8-18)17(26)19-3)21-15(11)24-9-6-13(10-24)23(4)5/h13H,6-10H2,1-5H3,(H,19,26)(H,22,25)/t13-/m1/s1. The molecule has 0 bridgehead atoms. The quantitative estimate of drug-likeness (QED) is 0.782. The second kappa shape index (κ2) is 6.83. The number of carbonyl (C=O) groups excluding carboxylic acids is 2. The molecule has 1 aliphatic carbocycles. The van der Waals surface area contributed by atoms with Crippen LogP contribution in [0.4, 0.5) is 5.82 Å². The van der Waals surface area contributed by atoms with Gasteiger partial charge in [-0.2, -0.15) is 0 Å². The van der Waals surface area contributed by atoms with Gasteiger partial charge in [0.05, 0.1) is 0 Å². The molecule has 1 atom stereocenters. The van der Waals surface area contributed by atoms with Gasteiger partial charge in [-0.25, -0.2) is 9.97 Å². The first-order valence-electron chi connectivity index (χ1n) is 9.08. The van der Waals surface area contributed by atoms with Crippen LogP contribution >= 0.6 is 0 Å². The number of aromatic nitrogens is 2. The Morgan fingerprint density at radius 1 is 1.23 bits per heavy atom. The van der Waals surface area contributed by atoms with E-state index in [9.17, 15) is 9.59 Å². The van der Waals surface area contributed by atoms with Crippen LogP contribution in [0.15, 0.2) is 0 Å². The van der Waals surface area contributed by atoms with Gasteiger partial charge in [0.25, 0.3) is 5.91 Å². The number of hydrogen-bond acceptors (Lipinski definition) is 6. The van der Waals surface area contributed by atoms with Gasteiger partial charge in [-0.3, -0.25) is 9.59 Å². The van der Waals surface area contributed by atoms with Crippen LogP contribution in [-0.2, 0) is 4.79 Å². The highest BCUT2D eigenvalue weighted by Gasteiger charge is 2.51. The first-order chi connectivity index (χ1) is 12.3. The molecular formula is C18H28N6O2. The number of nitrogens with one attached hydrogen (secondary N) is 2. The lowest BCUT2D eigenvalue weighted by molar-refractivity contribution is -0.123. The maximum atomic E-state index is 12.7. The molecule has 3 rings (SSSR count). The number of rotatable bonds is 5. The Kier molecular flexibility index (Phi) is 4.88. The summed E-state index contributed by atoms with van der Waals surface area (Å²) < 4.78 is 0. The van der Waals surface area contributed by atoms with Crippen LogP contribution in [0.1, 0.15) is 41.1 Å². The van der Waals surface area contributed by atoms with E-state index in [1.807, 2.05) is 13.8 Å². The maximum absolute atomic E-state index is 12.7. The molecule has 1 aromatic heterocycles. The molecule has 0 unspecified atom stereocenters. The van der Waals surface area contributed by atoms with Crippen molar-refractivity contribution >= 4 is 17.6 Å². The molecule has 2 heterocycles. The normalized spacial score (nSPS) is 21.0. The van der Waals surface area contributed by atoms with Gasteiger partial charge in [0.2, 0.25) is 11.7 Å². The maximum Gasteiger partial charge on any atom is 0.290 e. The van der Waals surface area contributed by atoms with Crippen LogP contribution < -0.4 is 15.5 Å². The number of carbonyl (C=O) groups is 2. The molecule has 1 aromatic rings. The Bertz CT molecular complexity index is 729. The van der Waals surface area contributed by atoms with Crippen molar-refractivity contribution in [3.63, 3.8) is 0 Å². The highest BCUT2D eigenvalue weighted by molar-refractivity contribution is 5.98. The van der Waals surface area contributed by atoms with Crippen molar-refractivity contribution in [1.29, 1.82) is 0 Å². The Balaban J connectivity index is 1.82. The van der Waals surface area contributed by atoms with E-state index in [2.05, 4.69) is 44.5 Å². The zero-order chi connectivity index (χ0) is 19.1. The zero-order valence-electron chi connectivity index (χ0n) is 16.2. The van der Waals surface area contributed by atoms with Gasteiger partial charge in [-0.05, 0) is 47.2 Å². The van der Waals surface area contributed by atoms with Gasteiger partial charge in [0.1, 0.15) is 11.4 Å². The molecule has 0 radical (unpaired) electrons. The van der Waals surface area contributed by atoms with Gasteiger partial charge in [-0.15, -0.1) is 0 Å². The lowest BCUT2D eigenvalue weighted by Crippen LogP contribution is -2.48. The van der Waals surface area contributed by atoms with Gasteiger partial charge in [0.15, 0.2) is 0 Å². The SMILES string of the molecule is CNC(=O)C1(NC(=O)c2nc(C)c(C)c(N3CC[C@@H](N(C)C)C3)n2)CC1. The minimum Gasteiger partial charge on any atom is -0.357 e. The molecule has 1 saturated carbocycles. The minimum atomic E-state index is -0.794. The van der Waals surface area contributed by atoms with Gasteiger partial charge >= 0.3 is 0 Å². The van der Waals surface area contributed by atoms with Gasteiger partial charge < -0.3 is 20.4 Å². The van der Waals surface area contributed by atoms with E-state index in [0.717, 1.165) is 36.6 Å². The van der Waals surface area contributed by atoms with Crippen LogP contribution in [0.25, 0.3) is 0 Å². The van der Waals surface area contributed by atoms with Crippen LogP contribution in [0.3, 0.4) is 0 Å². The molecule has 8 nitrogen and oxygen atoms in total. The largest absolute Gasteiger partial charge is 0.357 e. The van der Waals surface area contributed by atoms with Crippen LogP contribution in [0.2, 0.25) is 0 Å². The molecule has 1 saturated heterocycles. The van der Waals surface area contributed by atoms with Crippen molar-refractivity contribution in [3.05, 3.63) is 17.1 Å². The van der Waals surface area contributed by atoms with E-state index in [1.165, 1.54) is 0 Å². The van der Waals surface area contributed by atoms with Crippen molar-refractivity contribution in [3.8, 4) is 0 Å². The smallest absolute Gasteiger partial charge is 0.290 e. The van der Waals surface area contributed by atoms with Crippen LogP contribution in [-0.4, -0.2) is 72.5 Å². The fraction of sp³-hybridized carbons (Fsp3) is 0.667. The molecular weight excluding hydrogens is 332 g/mol. The van der Waals surface area contributed by atoms with E-state index >= 15 is 0 Å². The number of hydrogen-bond donors (Lipinski definition) is 2. The topological polar surface area (TPSA) is 90.5 Å². The summed E-state index contributed by atoms with van der Waals surface area (Å²) in [5, 5.41) is 5.43.